The van der Waals surface area contributed by atoms with Crippen LogP contribution in [0.4, 0.5) is 18.9 Å². The summed E-state index contributed by atoms with van der Waals surface area (Å²) < 4.78 is 72.6. The van der Waals surface area contributed by atoms with E-state index in [0.29, 0.717) is 24.5 Å². The molecule has 10 heteroatoms. The number of ether oxygens (including phenoxy) is 1. The van der Waals surface area contributed by atoms with E-state index in [1.165, 1.54) is 48.8 Å². The second-order valence-electron chi connectivity index (χ2n) is 6.33. The van der Waals surface area contributed by atoms with E-state index in [0.717, 1.165) is 6.07 Å². The number of carbonyl (C=O) groups excluding carboxylic acids is 1. The Morgan fingerprint density at radius 1 is 1.03 bits per heavy atom. The Morgan fingerprint density at radius 2 is 1.68 bits per heavy atom. The van der Waals surface area contributed by atoms with Gasteiger partial charge in [0.05, 0.1) is 22.8 Å². The predicted octanol–water partition coefficient (Wildman–Crippen LogP) is 4.53. The fourth-order valence-corrected chi connectivity index (χ4v) is 3.82. The van der Waals surface area contributed by atoms with Gasteiger partial charge in [0.25, 0.3) is 10.0 Å². The first-order valence-corrected chi connectivity index (χ1v) is 10.5. The van der Waals surface area contributed by atoms with Crippen molar-refractivity contribution in [1.82, 2.24) is 4.98 Å². The number of nitrogens with zero attached hydrogens (tertiary/aromatic N) is 1. The molecule has 0 radical (unpaired) electrons. The van der Waals surface area contributed by atoms with Gasteiger partial charge in [-0.3, -0.25) is 14.5 Å². The normalized spacial score (nSPS) is 11.7. The molecule has 0 aliphatic carbocycles. The summed E-state index contributed by atoms with van der Waals surface area (Å²) in [5.74, 6) is -0.317. The highest BCUT2D eigenvalue weighted by Gasteiger charge is 2.32. The van der Waals surface area contributed by atoms with Crippen molar-refractivity contribution in [1.29, 1.82) is 0 Å². The number of nitrogens with one attached hydrogen (secondary N) is 1. The molecule has 0 aliphatic heterocycles. The Balaban J connectivity index is 2.02. The molecule has 1 N–H and O–H groups in total. The van der Waals surface area contributed by atoms with Crippen LogP contribution in [0.5, 0.6) is 5.75 Å². The Morgan fingerprint density at radius 3 is 2.26 bits per heavy atom. The molecule has 0 spiro atoms. The van der Waals surface area contributed by atoms with Gasteiger partial charge in [0.2, 0.25) is 0 Å². The number of hydrogen-bond donors (Lipinski definition) is 1. The van der Waals surface area contributed by atoms with Crippen LogP contribution in [0.1, 0.15) is 28.4 Å². The number of carbonyl (C=O) groups is 1. The van der Waals surface area contributed by atoms with Crippen molar-refractivity contribution in [2.45, 2.75) is 18.0 Å². The van der Waals surface area contributed by atoms with E-state index in [4.69, 9.17) is 4.74 Å². The van der Waals surface area contributed by atoms with Crippen LogP contribution in [0, 0.1) is 0 Å². The van der Waals surface area contributed by atoms with Gasteiger partial charge in [-0.15, -0.1) is 0 Å². The zero-order valence-electron chi connectivity index (χ0n) is 16.2. The minimum absolute atomic E-state index is 0.0656. The van der Waals surface area contributed by atoms with Gasteiger partial charge in [0.1, 0.15) is 5.75 Å². The number of sulfonamides is 1. The minimum Gasteiger partial charge on any atom is -0.494 e. The molecule has 31 heavy (non-hydrogen) atoms. The van der Waals surface area contributed by atoms with Crippen LogP contribution in [0.25, 0.3) is 0 Å². The molecule has 1 heterocycles. The second-order valence-corrected chi connectivity index (χ2v) is 8.02. The topological polar surface area (TPSA) is 85.4 Å². The third-order valence-corrected chi connectivity index (χ3v) is 5.60. The van der Waals surface area contributed by atoms with Crippen molar-refractivity contribution in [3.63, 3.8) is 0 Å². The van der Waals surface area contributed by atoms with Crippen molar-refractivity contribution >= 4 is 21.5 Å². The summed E-state index contributed by atoms with van der Waals surface area (Å²) in [4.78, 5) is 16.5. The highest BCUT2D eigenvalue weighted by atomic mass is 32.2. The Bertz CT molecular complexity index is 1180. The number of ketones is 1. The van der Waals surface area contributed by atoms with E-state index >= 15 is 0 Å². The highest BCUT2D eigenvalue weighted by Crippen LogP contribution is 2.33. The van der Waals surface area contributed by atoms with Crippen molar-refractivity contribution in [3.8, 4) is 5.75 Å². The molecule has 1 aromatic heterocycles. The lowest BCUT2D eigenvalue weighted by Crippen LogP contribution is -2.17. The van der Waals surface area contributed by atoms with Gasteiger partial charge in [-0.05, 0) is 61.5 Å². The van der Waals surface area contributed by atoms with Crippen LogP contribution in [-0.2, 0) is 16.2 Å². The molecule has 3 rings (SSSR count). The number of benzene rings is 2. The van der Waals surface area contributed by atoms with Crippen molar-refractivity contribution < 1.29 is 31.1 Å². The van der Waals surface area contributed by atoms with E-state index in [1.54, 1.807) is 6.92 Å². The fourth-order valence-electron chi connectivity index (χ4n) is 2.74. The lowest BCUT2D eigenvalue weighted by molar-refractivity contribution is -0.137. The molecular weight excluding hydrogens is 433 g/mol. The van der Waals surface area contributed by atoms with Crippen LogP contribution in [-0.4, -0.2) is 25.8 Å². The molecule has 0 saturated heterocycles. The number of halogens is 3. The third-order valence-electron chi connectivity index (χ3n) is 4.22. The Labute approximate surface area is 176 Å². The van der Waals surface area contributed by atoms with E-state index < -0.39 is 33.1 Å². The van der Waals surface area contributed by atoms with Crippen molar-refractivity contribution in [2.24, 2.45) is 0 Å². The summed E-state index contributed by atoms with van der Waals surface area (Å²) in [5.41, 5.74) is -1.72. The van der Waals surface area contributed by atoms with Crippen LogP contribution >= 0.6 is 0 Å². The number of alkyl halides is 3. The number of rotatable bonds is 7. The summed E-state index contributed by atoms with van der Waals surface area (Å²) in [6.07, 6.45) is -2.09. The largest absolute Gasteiger partial charge is 0.494 e. The van der Waals surface area contributed by atoms with E-state index in [9.17, 15) is 26.4 Å². The van der Waals surface area contributed by atoms with E-state index in [-0.39, 0.29) is 16.1 Å². The molecular formula is C21H17F3N2O4S. The summed E-state index contributed by atoms with van der Waals surface area (Å²) in [5, 5.41) is 0. The van der Waals surface area contributed by atoms with Crippen LogP contribution in [0.15, 0.2) is 71.9 Å². The number of aromatic nitrogens is 1. The summed E-state index contributed by atoms with van der Waals surface area (Å²) >= 11 is 0. The summed E-state index contributed by atoms with van der Waals surface area (Å²) in [6, 6.07) is 10.4. The molecule has 3 aromatic rings. The summed E-state index contributed by atoms with van der Waals surface area (Å²) in [6.45, 7) is 2.18. The standard InChI is InChI=1S/C21H17F3N2O4S/c1-2-30-16-4-6-17(7-5-16)31(28,29)26-19-8-3-15(21(22,23)24)13-18(19)20(27)14-9-11-25-12-10-14/h3-13,26H,2H2,1H3. The Kier molecular flexibility index (Phi) is 6.30. The highest BCUT2D eigenvalue weighted by molar-refractivity contribution is 7.92. The van der Waals surface area contributed by atoms with Gasteiger partial charge >= 0.3 is 6.18 Å². The van der Waals surface area contributed by atoms with E-state index in [2.05, 4.69) is 9.71 Å². The first-order valence-electron chi connectivity index (χ1n) is 9.03. The molecule has 162 valence electrons. The summed E-state index contributed by atoms with van der Waals surface area (Å²) in [7, 11) is -4.18. The molecule has 0 atom stereocenters. The molecule has 0 amide bonds. The zero-order valence-corrected chi connectivity index (χ0v) is 17.0. The predicted molar refractivity (Wildman–Crippen MR) is 108 cm³/mol. The molecule has 0 aliphatic rings. The van der Waals surface area contributed by atoms with Crippen LogP contribution < -0.4 is 9.46 Å². The lowest BCUT2D eigenvalue weighted by atomic mass is 10.00. The van der Waals surface area contributed by atoms with Crippen LogP contribution in [0.2, 0.25) is 0 Å². The monoisotopic (exact) mass is 450 g/mol. The Hall–Kier alpha value is -3.40. The maximum atomic E-state index is 13.2. The zero-order chi connectivity index (χ0) is 22.6. The first kappa shape index (κ1) is 22.3. The van der Waals surface area contributed by atoms with Gasteiger partial charge in [0.15, 0.2) is 5.78 Å². The van der Waals surface area contributed by atoms with Gasteiger partial charge in [-0.1, -0.05) is 0 Å². The SMILES string of the molecule is CCOc1ccc(S(=O)(=O)Nc2ccc(C(F)(F)F)cc2C(=O)c2ccncc2)cc1. The average Bonchev–Trinajstić information content (AvgIpc) is 2.74. The maximum absolute atomic E-state index is 13.2. The van der Waals surface area contributed by atoms with Gasteiger partial charge < -0.3 is 4.74 Å². The minimum atomic E-state index is -4.71. The molecule has 2 aromatic carbocycles. The molecule has 0 fully saturated rings. The quantitative estimate of drug-likeness (QED) is 0.535. The van der Waals surface area contributed by atoms with E-state index in [1.807, 2.05) is 0 Å². The van der Waals surface area contributed by atoms with Gasteiger partial charge in [-0.2, -0.15) is 13.2 Å². The fraction of sp³-hybridized carbons (Fsp3) is 0.143. The number of hydrogen-bond acceptors (Lipinski definition) is 5. The maximum Gasteiger partial charge on any atom is 0.416 e. The van der Waals surface area contributed by atoms with Gasteiger partial charge in [-0.25, -0.2) is 8.42 Å². The average molecular weight is 450 g/mol. The van der Waals surface area contributed by atoms with Crippen LogP contribution in [0.3, 0.4) is 0 Å². The molecule has 0 unspecified atom stereocenters. The molecule has 0 bridgehead atoms. The van der Waals surface area contributed by atoms with Crippen molar-refractivity contribution in [2.75, 3.05) is 11.3 Å². The van der Waals surface area contributed by atoms with Crippen molar-refractivity contribution in [3.05, 3.63) is 83.7 Å². The molecule has 6 nitrogen and oxygen atoms in total. The third kappa shape index (κ3) is 5.21. The first-order chi connectivity index (χ1) is 14.6. The molecule has 0 saturated carbocycles. The lowest BCUT2D eigenvalue weighted by Gasteiger charge is -2.15. The number of pyridine rings is 1. The van der Waals surface area contributed by atoms with Gasteiger partial charge in [0, 0.05) is 23.5 Å². The second kappa shape index (κ2) is 8.76. The smallest absolute Gasteiger partial charge is 0.416 e. The number of anilines is 1.